The first kappa shape index (κ1) is 14.4. The number of carbonyl (C=O) groups is 1. The van der Waals surface area contributed by atoms with Crippen molar-refractivity contribution in [1.82, 2.24) is 10.6 Å². The normalized spacial score (nSPS) is 27.3. The van der Waals surface area contributed by atoms with Crippen LogP contribution in [0.1, 0.15) is 11.1 Å². The first-order valence-electron chi connectivity index (χ1n) is 7.08. The van der Waals surface area contributed by atoms with Crippen LogP contribution in [-0.4, -0.2) is 25.5 Å². The molecule has 1 aliphatic carbocycles. The summed E-state index contributed by atoms with van der Waals surface area (Å²) in [7, 11) is 0. The Morgan fingerprint density at radius 2 is 2.00 bits per heavy atom. The van der Waals surface area contributed by atoms with Crippen molar-refractivity contribution in [3.63, 3.8) is 0 Å². The Morgan fingerprint density at radius 1 is 1.29 bits per heavy atom. The molecule has 3 rings (SSSR count). The lowest BCUT2D eigenvalue weighted by atomic mass is 10.1. The highest BCUT2D eigenvalue weighted by atomic mass is 19.4. The molecule has 1 saturated heterocycles. The summed E-state index contributed by atoms with van der Waals surface area (Å²) in [4.78, 5) is 11.8. The van der Waals surface area contributed by atoms with Crippen LogP contribution in [0.4, 0.5) is 13.2 Å². The zero-order valence-corrected chi connectivity index (χ0v) is 11.4. The van der Waals surface area contributed by atoms with E-state index in [1.807, 2.05) is 0 Å². The van der Waals surface area contributed by atoms with Gasteiger partial charge >= 0.3 is 6.18 Å². The van der Waals surface area contributed by atoms with Gasteiger partial charge in [0.05, 0.1) is 12.0 Å². The molecule has 3 nitrogen and oxygen atoms in total. The maximum atomic E-state index is 12.6. The Balaban J connectivity index is 1.50. The molecule has 1 saturated carbocycles. The van der Waals surface area contributed by atoms with Crippen molar-refractivity contribution >= 4 is 5.91 Å². The van der Waals surface area contributed by atoms with Crippen LogP contribution in [-0.2, 0) is 17.4 Å². The van der Waals surface area contributed by atoms with Gasteiger partial charge in [0.2, 0.25) is 5.91 Å². The number of halogens is 3. The third-order valence-corrected chi connectivity index (χ3v) is 4.42. The molecule has 2 N–H and O–H groups in total. The van der Waals surface area contributed by atoms with Crippen LogP contribution in [0.15, 0.2) is 24.3 Å². The Bertz CT molecular complexity index is 534. The van der Waals surface area contributed by atoms with Crippen molar-refractivity contribution in [2.45, 2.75) is 12.6 Å². The summed E-state index contributed by atoms with van der Waals surface area (Å²) in [6, 6.07) is 4.93. The van der Waals surface area contributed by atoms with E-state index < -0.39 is 11.7 Å². The van der Waals surface area contributed by atoms with Crippen LogP contribution in [0.2, 0.25) is 0 Å². The van der Waals surface area contributed by atoms with Gasteiger partial charge in [-0.3, -0.25) is 4.79 Å². The molecule has 1 heterocycles. The minimum atomic E-state index is -4.37. The van der Waals surface area contributed by atoms with Gasteiger partial charge < -0.3 is 10.6 Å². The fourth-order valence-electron chi connectivity index (χ4n) is 3.19. The summed E-state index contributed by atoms with van der Waals surface area (Å²) in [5, 5.41) is 6.11. The molecule has 0 radical (unpaired) electrons. The van der Waals surface area contributed by atoms with E-state index in [4.69, 9.17) is 0 Å². The molecular weight excluding hydrogens is 281 g/mol. The molecule has 0 spiro atoms. The number of hydrogen-bond acceptors (Lipinski definition) is 2. The van der Waals surface area contributed by atoms with Crippen molar-refractivity contribution in [3.05, 3.63) is 35.4 Å². The monoisotopic (exact) mass is 298 g/mol. The van der Waals surface area contributed by atoms with Gasteiger partial charge in [-0.1, -0.05) is 18.2 Å². The number of fused-ring (bicyclic) bond motifs is 1. The number of carbonyl (C=O) groups excluding carboxylic acids is 1. The van der Waals surface area contributed by atoms with E-state index in [-0.39, 0.29) is 12.3 Å². The second-order valence-corrected chi connectivity index (χ2v) is 5.83. The van der Waals surface area contributed by atoms with Crippen LogP contribution in [0.5, 0.6) is 0 Å². The van der Waals surface area contributed by atoms with Crippen molar-refractivity contribution in [1.29, 1.82) is 0 Å². The lowest BCUT2D eigenvalue weighted by Crippen LogP contribution is -2.29. The third-order valence-electron chi connectivity index (χ3n) is 4.42. The predicted octanol–water partition coefficient (Wildman–Crippen LogP) is 1.83. The second-order valence-electron chi connectivity index (χ2n) is 5.83. The molecule has 2 atom stereocenters. The van der Waals surface area contributed by atoms with Crippen LogP contribution in [0, 0.1) is 17.8 Å². The Labute approximate surface area is 120 Å². The summed E-state index contributed by atoms with van der Waals surface area (Å²) >= 11 is 0. The highest BCUT2D eigenvalue weighted by Crippen LogP contribution is 2.47. The number of piperidine rings is 1. The van der Waals surface area contributed by atoms with Gasteiger partial charge in [0.25, 0.3) is 0 Å². The van der Waals surface area contributed by atoms with Crippen molar-refractivity contribution < 1.29 is 18.0 Å². The summed E-state index contributed by atoms with van der Waals surface area (Å²) < 4.78 is 37.8. The molecule has 2 unspecified atom stereocenters. The number of alkyl halides is 3. The molecule has 1 aromatic rings. The highest BCUT2D eigenvalue weighted by molar-refractivity contribution is 5.78. The highest BCUT2D eigenvalue weighted by Gasteiger charge is 2.52. The molecule has 1 amide bonds. The average Bonchev–Trinajstić information content (AvgIpc) is 2.85. The zero-order valence-electron chi connectivity index (χ0n) is 11.4. The van der Waals surface area contributed by atoms with Gasteiger partial charge in [0.1, 0.15) is 0 Å². The molecule has 0 bridgehead atoms. The summed E-state index contributed by atoms with van der Waals surface area (Å²) in [5.41, 5.74) is -0.324. The van der Waals surface area contributed by atoms with Crippen LogP contribution < -0.4 is 10.6 Å². The molecule has 2 fully saturated rings. The van der Waals surface area contributed by atoms with Crippen LogP contribution >= 0.6 is 0 Å². The zero-order chi connectivity index (χ0) is 15.0. The van der Waals surface area contributed by atoms with E-state index in [1.165, 1.54) is 6.07 Å². The van der Waals surface area contributed by atoms with E-state index in [9.17, 15) is 18.0 Å². The molecule has 21 heavy (non-hydrogen) atoms. The van der Waals surface area contributed by atoms with Gasteiger partial charge in [-0.2, -0.15) is 13.2 Å². The fourth-order valence-corrected chi connectivity index (χ4v) is 3.19. The Morgan fingerprint density at radius 3 is 2.67 bits per heavy atom. The van der Waals surface area contributed by atoms with E-state index in [0.29, 0.717) is 29.9 Å². The van der Waals surface area contributed by atoms with Gasteiger partial charge in [0, 0.05) is 6.54 Å². The predicted molar refractivity (Wildman–Crippen MR) is 71.5 cm³/mol. The van der Waals surface area contributed by atoms with Gasteiger partial charge in [-0.25, -0.2) is 0 Å². The fraction of sp³-hybridized carbons (Fsp3) is 0.533. The van der Waals surface area contributed by atoms with Crippen LogP contribution in [0.25, 0.3) is 0 Å². The van der Waals surface area contributed by atoms with E-state index in [2.05, 4.69) is 10.6 Å². The molecule has 1 aliphatic heterocycles. The number of nitrogens with one attached hydrogen (secondary N) is 2. The Hall–Kier alpha value is -1.56. The number of amides is 1. The standard InChI is InChI=1S/C15H17F3N2O/c16-15(17,18)10-3-1-2-9(4-10)5-14(21)20-8-13-11-6-19-7-12(11)13/h1-4,11-13,19H,5-8H2,(H,20,21). The first-order valence-corrected chi connectivity index (χ1v) is 7.08. The maximum absolute atomic E-state index is 12.6. The number of rotatable bonds is 4. The van der Waals surface area contributed by atoms with Gasteiger partial charge in [0.15, 0.2) is 0 Å². The molecule has 1 aromatic carbocycles. The first-order chi connectivity index (χ1) is 9.95. The topological polar surface area (TPSA) is 41.1 Å². The smallest absolute Gasteiger partial charge is 0.356 e. The largest absolute Gasteiger partial charge is 0.416 e. The van der Waals surface area contributed by atoms with E-state index in [0.717, 1.165) is 25.2 Å². The summed E-state index contributed by atoms with van der Waals surface area (Å²) in [6.07, 6.45) is -4.38. The third kappa shape index (κ3) is 3.20. The molecular formula is C15H17F3N2O. The molecule has 114 valence electrons. The lowest BCUT2D eigenvalue weighted by Gasteiger charge is -2.10. The van der Waals surface area contributed by atoms with Crippen LogP contribution in [0.3, 0.4) is 0 Å². The quantitative estimate of drug-likeness (QED) is 0.890. The number of benzene rings is 1. The van der Waals surface area contributed by atoms with Gasteiger partial charge in [-0.05, 0) is 42.5 Å². The second kappa shape index (κ2) is 5.33. The average molecular weight is 298 g/mol. The summed E-state index contributed by atoms with van der Waals surface area (Å²) in [5.74, 6) is 1.65. The maximum Gasteiger partial charge on any atom is 0.416 e. The SMILES string of the molecule is O=C(Cc1cccc(C(F)(F)F)c1)NCC1C2CNCC21. The molecule has 0 aromatic heterocycles. The lowest BCUT2D eigenvalue weighted by molar-refractivity contribution is -0.137. The van der Waals surface area contributed by atoms with Gasteiger partial charge in [-0.15, -0.1) is 0 Å². The van der Waals surface area contributed by atoms with Crippen molar-refractivity contribution in [2.75, 3.05) is 19.6 Å². The van der Waals surface area contributed by atoms with E-state index in [1.54, 1.807) is 6.07 Å². The minimum Gasteiger partial charge on any atom is -0.356 e. The minimum absolute atomic E-state index is 0.00970. The molecule has 6 heteroatoms. The molecule has 2 aliphatic rings. The van der Waals surface area contributed by atoms with E-state index >= 15 is 0 Å². The Kier molecular flexibility index (Phi) is 3.65. The van der Waals surface area contributed by atoms with Crippen molar-refractivity contribution in [2.24, 2.45) is 17.8 Å². The summed E-state index contributed by atoms with van der Waals surface area (Å²) in [6.45, 7) is 2.66. The van der Waals surface area contributed by atoms with Crippen molar-refractivity contribution in [3.8, 4) is 0 Å². The number of hydrogen-bond donors (Lipinski definition) is 2.